The summed E-state index contributed by atoms with van der Waals surface area (Å²) in [7, 11) is -0.404. The van der Waals surface area contributed by atoms with E-state index in [4.69, 9.17) is 4.74 Å². The summed E-state index contributed by atoms with van der Waals surface area (Å²) in [5.74, 6) is 0.544. The highest BCUT2D eigenvalue weighted by atomic mass is 32.2. The first-order chi connectivity index (χ1) is 11.4. The van der Waals surface area contributed by atoms with E-state index >= 15 is 0 Å². The molecule has 0 radical (unpaired) electrons. The van der Waals surface area contributed by atoms with Crippen LogP contribution in [0, 0.1) is 0 Å². The number of fused-ring (bicyclic) bond motifs is 1. The van der Waals surface area contributed by atoms with Crippen LogP contribution in [-0.4, -0.2) is 44.5 Å². The first-order valence-electron chi connectivity index (χ1n) is 7.49. The highest BCUT2D eigenvalue weighted by Crippen LogP contribution is 2.19. The molecule has 24 heavy (non-hydrogen) atoms. The van der Waals surface area contributed by atoms with E-state index in [1.165, 1.54) is 12.3 Å². The lowest BCUT2D eigenvalue weighted by Gasteiger charge is -2.23. The Bertz CT molecular complexity index is 856. The van der Waals surface area contributed by atoms with Crippen molar-refractivity contribution in [3.8, 4) is 5.75 Å². The molecule has 3 rings (SSSR count). The number of methoxy groups -OCH3 is 1. The molecule has 0 unspecified atom stereocenters. The number of ether oxygens (including phenoxy) is 1. The van der Waals surface area contributed by atoms with Gasteiger partial charge in [0.15, 0.2) is 0 Å². The Morgan fingerprint density at radius 3 is 2.58 bits per heavy atom. The molecule has 0 aliphatic carbocycles. The van der Waals surface area contributed by atoms with Crippen LogP contribution in [0.15, 0.2) is 41.4 Å². The summed E-state index contributed by atoms with van der Waals surface area (Å²) in [6.07, 6.45) is 1.51. The summed E-state index contributed by atoms with van der Waals surface area (Å²) in [5, 5.41) is 0. The first-order valence-corrected chi connectivity index (χ1v) is 8.97. The monoisotopic (exact) mass is 349 g/mol. The summed E-state index contributed by atoms with van der Waals surface area (Å²) in [6, 6.07) is 8.56. The van der Waals surface area contributed by atoms with Crippen LogP contribution in [0.4, 0.5) is 0 Å². The number of likely N-dealkylation sites (N-methyl/N-ethyl adjacent to an activating group) is 1. The Hall–Kier alpha value is -2.32. The van der Waals surface area contributed by atoms with E-state index in [1.54, 1.807) is 47.9 Å². The van der Waals surface area contributed by atoms with Gasteiger partial charge in [-0.05, 0) is 23.8 Å². The number of nitrogens with zero attached hydrogens (tertiary/aromatic N) is 2. The second-order valence-electron chi connectivity index (χ2n) is 5.65. The number of rotatable bonds is 5. The average Bonchev–Trinajstić information content (AvgIpc) is 3.03. The minimum atomic E-state index is -3.68. The Morgan fingerprint density at radius 1 is 1.21 bits per heavy atom. The number of carbonyl (C=O) groups excluding carboxylic acids is 1. The third-order valence-electron chi connectivity index (χ3n) is 4.05. The topological polar surface area (TPSA) is 80.6 Å². The molecule has 1 aromatic carbocycles. The molecule has 2 aromatic rings. The summed E-state index contributed by atoms with van der Waals surface area (Å²) in [6.45, 7) is 1.32. The minimum Gasteiger partial charge on any atom is -0.497 e. The lowest BCUT2D eigenvalue weighted by Crippen LogP contribution is -2.36. The van der Waals surface area contributed by atoms with Gasteiger partial charge in [-0.15, -0.1) is 0 Å². The number of amides is 1. The summed E-state index contributed by atoms with van der Waals surface area (Å²) in [5.41, 5.74) is 1.22. The van der Waals surface area contributed by atoms with Gasteiger partial charge in [0.05, 0.1) is 7.11 Å². The lowest BCUT2D eigenvalue weighted by molar-refractivity contribution is 0.0749. The van der Waals surface area contributed by atoms with Gasteiger partial charge in [-0.3, -0.25) is 4.79 Å². The van der Waals surface area contributed by atoms with Crippen LogP contribution < -0.4 is 9.46 Å². The fraction of sp³-hybridized carbons (Fsp3) is 0.312. The summed E-state index contributed by atoms with van der Waals surface area (Å²) >= 11 is 0. The molecule has 0 spiro atoms. The number of sulfonamides is 1. The van der Waals surface area contributed by atoms with Crippen molar-refractivity contribution >= 4 is 15.9 Å². The van der Waals surface area contributed by atoms with Crippen molar-refractivity contribution in [3.63, 3.8) is 0 Å². The smallest absolute Gasteiger partial charge is 0.270 e. The third kappa shape index (κ3) is 3.15. The summed E-state index contributed by atoms with van der Waals surface area (Å²) in [4.78, 5) is 13.8. The number of benzene rings is 1. The van der Waals surface area contributed by atoms with Crippen LogP contribution in [0.2, 0.25) is 0 Å². The van der Waals surface area contributed by atoms with E-state index in [1.807, 2.05) is 0 Å². The third-order valence-corrected chi connectivity index (χ3v) is 5.42. The second kappa shape index (κ2) is 6.29. The molecular weight excluding hydrogens is 330 g/mol. The predicted molar refractivity (Wildman–Crippen MR) is 88.4 cm³/mol. The van der Waals surface area contributed by atoms with Crippen LogP contribution >= 0.6 is 0 Å². The molecule has 1 aliphatic heterocycles. The Morgan fingerprint density at radius 2 is 1.92 bits per heavy atom. The van der Waals surface area contributed by atoms with Gasteiger partial charge in [-0.2, -0.15) is 0 Å². The average molecular weight is 349 g/mol. The minimum absolute atomic E-state index is 0.106. The molecule has 1 amide bonds. The van der Waals surface area contributed by atoms with Gasteiger partial charge in [0.2, 0.25) is 10.0 Å². The highest BCUT2D eigenvalue weighted by Gasteiger charge is 2.26. The van der Waals surface area contributed by atoms with E-state index in [2.05, 4.69) is 4.72 Å². The molecule has 2 heterocycles. The van der Waals surface area contributed by atoms with Crippen LogP contribution in [-0.2, 0) is 23.1 Å². The quantitative estimate of drug-likeness (QED) is 0.875. The molecule has 1 N–H and O–H groups in total. The number of hydrogen-bond acceptors (Lipinski definition) is 4. The normalized spacial score (nSPS) is 14.6. The molecule has 8 heteroatoms. The Kier molecular flexibility index (Phi) is 4.33. The van der Waals surface area contributed by atoms with E-state index in [0.717, 1.165) is 5.56 Å². The van der Waals surface area contributed by atoms with Crippen LogP contribution in [0.1, 0.15) is 16.1 Å². The Balaban J connectivity index is 1.76. The van der Waals surface area contributed by atoms with Gasteiger partial charge < -0.3 is 14.2 Å². The SMILES string of the molecule is COc1ccc(CNS(=O)(=O)c2cc3n(c2)CCN(C)C3=O)cc1. The maximum atomic E-state index is 12.5. The standard InChI is InChI=1S/C16H19N3O4S/c1-18-7-8-19-11-14(9-15(19)16(18)20)24(21,22)17-10-12-3-5-13(23-2)6-4-12/h3-6,9,11,17H,7-8,10H2,1-2H3. The van der Waals surface area contributed by atoms with Gasteiger partial charge in [0.1, 0.15) is 16.3 Å². The van der Waals surface area contributed by atoms with Crippen molar-refractivity contribution in [2.24, 2.45) is 0 Å². The van der Waals surface area contributed by atoms with Crippen LogP contribution in [0.5, 0.6) is 5.75 Å². The van der Waals surface area contributed by atoms with Crippen LogP contribution in [0.25, 0.3) is 0 Å². The van der Waals surface area contributed by atoms with E-state index in [9.17, 15) is 13.2 Å². The molecule has 1 aromatic heterocycles. The fourth-order valence-electron chi connectivity index (χ4n) is 2.55. The van der Waals surface area contributed by atoms with Crippen molar-refractivity contribution in [2.75, 3.05) is 20.7 Å². The zero-order chi connectivity index (χ0) is 17.3. The van der Waals surface area contributed by atoms with Crippen LogP contribution in [0.3, 0.4) is 0 Å². The van der Waals surface area contributed by atoms with Crippen molar-refractivity contribution in [3.05, 3.63) is 47.8 Å². The molecule has 1 aliphatic rings. The first kappa shape index (κ1) is 16.5. The van der Waals surface area contributed by atoms with Gasteiger partial charge in [-0.25, -0.2) is 13.1 Å². The zero-order valence-electron chi connectivity index (χ0n) is 13.5. The highest BCUT2D eigenvalue weighted by molar-refractivity contribution is 7.89. The van der Waals surface area contributed by atoms with Gasteiger partial charge in [0.25, 0.3) is 5.91 Å². The van der Waals surface area contributed by atoms with Crippen molar-refractivity contribution in [1.29, 1.82) is 0 Å². The van der Waals surface area contributed by atoms with Crippen molar-refractivity contribution in [1.82, 2.24) is 14.2 Å². The number of hydrogen-bond donors (Lipinski definition) is 1. The van der Waals surface area contributed by atoms with E-state index in [-0.39, 0.29) is 17.3 Å². The maximum Gasteiger partial charge on any atom is 0.270 e. The molecular formula is C16H19N3O4S. The predicted octanol–water partition coefficient (Wildman–Crippen LogP) is 1.06. The van der Waals surface area contributed by atoms with Gasteiger partial charge in [0, 0.05) is 32.9 Å². The van der Waals surface area contributed by atoms with Gasteiger partial charge >= 0.3 is 0 Å². The molecule has 0 bridgehead atoms. The van der Waals surface area contributed by atoms with E-state index < -0.39 is 10.0 Å². The number of carbonyl (C=O) groups is 1. The Labute approximate surface area is 140 Å². The zero-order valence-corrected chi connectivity index (χ0v) is 14.3. The molecule has 0 saturated carbocycles. The van der Waals surface area contributed by atoms with Gasteiger partial charge in [-0.1, -0.05) is 12.1 Å². The second-order valence-corrected chi connectivity index (χ2v) is 7.42. The lowest BCUT2D eigenvalue weighted by atomic mass is 10.2. The largest absolute Gasteiger partial charge is 0.497 e. The van der Waals surface area contributed by atoms with Crippen molar-refractivity contribution < 1.29 is 17.9 Å². The number of nitrogens with one attached hydrogen (secondary N) is 1. The van der Waals surface area contributed by atoms with E-state index in [0.29, 0.717) is 24.5 Å². The molecule has 7 nitrogen and oxygen atoms in total. The summed E-state index contributed by atoms with van der Waals surface area (Å²) < 4.78 is 34.2. The fourth-order valence-corrected chi connectivity index (χ4v) is 3.61. The molecule has 128 valence electrons. The number of aromatic nitrogens is 1. The molecule has 0 saturated heterocycles. The molecule has 0 fully saturated rings. The maximum absolute atomic E-state index is 12.5. The molecule has 0 atom stereocenters. The van der Waals surface area contributed by atoms with Crippen molar-refractivity contribution in [2.45, 2.75) is 18.0 Å².